The predicted octanol–water partition coefficient (Wildman–Crippen LogP) is 1.49. The van der Waals surface area contributed by atoms with Gasteiger partial charge in [-0.15, -0.1) is 0 Å². The van der Waals surface area contributed by atoms with Crippen LogP contribution < -0.4 is 5.73 Å². The van der Waals surface area contributed by atoms with Crippen LogP contribution in [-0.2, 0) is 0 Å². The van der Waals surface area contributed by atoms with Crippen molar-refractivity contribution in [2.24, 2.45) is 0 Å². The molecule has 0 aliphatic carbocycles. The second-order valence-corrected chi connectivity index (χ2v) is 2.95. The fraction of sp³-hybridized carbons (Fsp3) is 0.500. The maximum absolute atomic E-state index is 5.48. The highest BCUT2D eigenvalue weighted by Crippen LogP contribution is 2.12. The average molecular weight is 151 g/mol. The minimum Gasteiger partial charge on any atom is -0.368 e. The second-order valence-electron chi connectivity index (χ2n) is 2.95. The van der Waals surface area contributed by atoms with Crippen molar-refractivity contribution >= 4 is 5.95 Å². The number of nitrogens with two attached hydrogens (primary N) is 1. The Morgan fingerprint density at radius 2 is 2.00 bits per heavy atom. The summed E-state index contributed by atoms with van der Waals surface area (Å²) in [7, 11) is 0. The van der Waals surface area contributed by atoms with E-state index in [1.807, 2.05) is 13.0 Å². The first-order valence-electron chi connectivity index (χ1n) is 3.70. The van der Waals surface area contributed by atoms with E-state index in [9.17, 15) is 0 Å². The van der Waals surface area contributed by atoms with Gasteiger partial charge in [-0.3, -0.25) is 0 Å². The SMILES string of the molecule is Cc1cc(C(C)C)nc(N)n1. The third-order valence-corrected chi connectivity index (χ3v) is 1.48. The number of anilines is 1. The van der Waals surface area contributed by atoms with Gasteiger partial charge in [-0.05, 0) is 18.9 Å². The fourth-order valence-electron chi connectivity index (χ4n) is 0.912. The van der Waals surface area contributed by atoms with Crippen molar-refractivity contribution in [3.05, 3.63) is 17.5 Å². The number of nitrogen functional groups attached to an aromatic ring is 1. The van der Waals surface area contributed by atoms with E-state index in [-0.39, 0.29) is 0 Å². The summed E-state index contributed by atoms with van der Waals surface area (Å²) in [4.78, 5) is 8.08. The van der Waals surface area contributed by atoms with Gasteiger partial charge >= 0.3 is 0 Å². The molecule has 2 N–H and O–H groups in total. The maximum atomic E-state index is 5.48. The predicted molar refractivity (Wildman–Crippen MR) is 45.3 cm³/mol. The Kier molecular flexibility index (Phi) is 2.08. The van der Waals surface area contributed by atoms with Gasteiger partial charge in [0, 0.05) is 11.4 Å². The Morgan fingerprint density at radius 1 is 1.36 bits per heavy atom. The van der Waals surface area contributed by atoms with Crippen molar-refractivity contribution in [2.45, 2.75) is 26.7 Å². The zero-order chi connectivity index (χ0) is 8.43. The van der Waals surface area contributed by atoms with Gasteiger partial charge in [0.2, 0.25) is 5.95 Å². The van der Waals surface area contributed by atoms with E-state index in [0.717, 1.165) is 11.4 Å². The molecule has 0 aliphatic rings. The zero-order valence-corrected chi connectivity index (χ0v) is 7.13. The molecule has 1 heterocycles. The molecule has 0 radical (unpaired) electrons. The summed E-state index contributed by atoms with van der Waals surface area (Å²) < 4.78 is 0. The van der Waals surface area contributed by atoms with Crippen molar-refractivity contribution in [1.29, 1.82) is 0 Å². The number of hydrogen-bond acceptors (Lipinski definition) is 3. The largest absolute Gasteiger partial charge is 0.368 e. The van der Waals surface area contributed by atoms with Gasteiger partial charge in [0.15, 0.2) is 0 Å². The van der Waals surface area contributed by atoms with Gasteiger partial charge in [0.05, 0.1) is 0 Å². The highest BCUT2D eigenvalue weighted by atomic mass is 15.0. The van der Waals surface area contributed by atoms with E-state index in [4.69, 9.17) is 5.73 Å². The highest BCUT2D eigenvalue weighted by Gasteiger charge is 2.02. The Balaban J connectivity index is 3.08. The minimum atomic E-state index is 0.369. The molecule has 0 aliphatic heterocycles. The summed E-state index contributed by atoms with van der Waals surface area (Å²) >= 11 is 0. The topological polar surface area (TPSA) is 51.8 Å². The van der Waals surface area contributed by atoms with Crippen LogP contribution >= 0.6 is 0 Å². The fourth-order valence-corrected chi connectivity index (χ4v) is 0.912. The zero-order valence-electron chi connectivity index (χ0n) is 7.13. The summed E-state index contributed by atoms with van der Waals surface area (Å²) in [5, 5.41) is 0. The minimum absolute atomic E-state index is 0.369. The summed E-state index contributed by atoms with van der Waals surface area (Å²) in [6.07, 6.45) is 0. The standard InChI is InChI=1S/C8H13N3/c1-5(2)7-4-6(3)10-8(9)11-7/h4-5H,1-3H3,(H2,9,10,11). The molecule has 0 saturated heterocycles. The van der Waals surface area contributed by atoms with E-state index >= 15 is 0 Å². The maximum Gasteiger partial charge on any atom is 0.220 e. The number of nitrogens with zero attached hydrogens (tertiary/aromatic N) is 2. The molecule has 0 unspecified atom stereocenters. The number of rotatable bonds is 1. The second kappa shape index (κ2) is 2.86. The Bertz CT molecular complexity index is 235. The smallest absolute Gasteiger partial charge is 0.220 e. The molecule has 0 aromatic carbocycles. The van der Waals surface area contributed by atoms with E-state index in [1.54, 1.807) is 0 Å². The van der Waals surface area contributed by atoms with Crippen molar-refractivity contribution in [2.75, 3.05) is 5.73 Å². The molecular formula is C8H13N3. The monoisotopic (exact) mass is 151 g/mol. The summed E-state index contributed by atoms with van der Waals surface area (Å²) in [6.45, 7) is 6.09. The van der Waals surface area contributed by atoms with Gasteiger partial charge in [0.25, 0.3) is 0 Å². The lowest BCUT2D eigenvalue weighted by Crippen LogP contribution is -2.01. The van der Waals surface area contributed by atoms with Crippen molar-refractivity contribution < 1.29 is 0 Å². The van der Waals surface area contributed by atoms with Crippen molar-refractivity contribution in [1.82, 2.24) is 9.97 Å². The molecule has 0 spiro atoms. The molecule has 0 bridgehead atoms. The van der Waals surface area contributed by atoms with Gasteiger partial charge in [-0.2, -0.15) is 0 Å². The first kappa shape index (κ1) is 7.98. The quantitative estimate of drug-likeness (QED) is 0.661. The lowest BCUT2D eigenvalue weighted by atomic mass is 10.1. The van der Waals surface area contributed by atoms with Crippen LogP contribution in [0, 0.1) is 6.92 Å². The van der Waals surface area contributed by atoms with E-state index in [2.05, 4.69) is 23.8 Å². The molecule has 3 heteroatoms. The summed E-state index contributed by atoms with van der Waals surface area (Å²) in [5.74, 6) is 0.785. The molecule has 0 atom stereocenters. The van der Waals surface area contributed by atoms with Crippen LogP contribution in [0.4, 0.5) is 5.95 Å². The Hall–Kier alpha value is -1.12. The van der Waals surface area contributed by atoms with Crippen LogP contribution in [0.2, 0.25) is 0 Å². The van der Waals surface area contributed by atoms with Crippen LogP contribution in [0.1, 0.15) is 31.2 Å². The van der Waals surface area contributed by atoms with Crippen LogP contribution in [0.3, 0.4) is 0 Å². The van der Waals surface area contributed by atoms with Crippen LogP contribution in [-0.4, -0.2) is 9.97 Å². The molecule has 1 rings (SSSR count). The third kappa shape index (κ3) is 1.90. The molecule has 0 amide bonds. The van der Waals surface area contributed by atoms with Crippen LogP contribution in [0.25, 0.3) is 0 Å². The Labute approximate surface area is 66.7 Å². The first-order valence-corrected chi connectivity index (χ1v) is 3.70. The van der Waals surface area contributed by atoms with Crippen molar-refractivity contribution in [3.8, 4) is 0 Å². The van der Waals surface area contributed by atoms with Gasteiger partial charge in [0.1, 0.15) is 0 Å². The summed E-state index contributed by atoms with van der Waals surface area (Å²) in [5.41, 5.74) is 7.42. The number of aryl methyl sites for hydroxylation is 1. The van der Waals surface area contributed by atoms with E-state index in [1.165, 1.54) is 0 Å². The molecule has 0 fully saturated rings. The highest BCUT2D eigenvalue weighted by molar-refractivity contribution is 5.23. The number of aromatic nitrogens is 2. The molecule has 3 nitrogen and oxygen atoms in total. The van der Waals surface area contributed by atoms with E-state index < -0.39 is 0 Å². The van der Waals surface area contributed by atoms with Crippen LogP contribution in [0.5, 0.6) is 0 Å². The van der Waals surface area contributed by atoms with Gasteiger partial charge in [-0.1, -0.05) is 13.8 Å². The number of hydrogen-bond donors (Lipinski definition) is 1. The van der Waals surface area contributed by atoms with Gasteiger partial charge < -0.3 is 5.73 Å². The van der Waals surface area contributed by atoms with Crippen LogP contribution in [0.15, 0.2) is 6.07 Å². The molecule has 0 saturated carbocycles. The normalized spacial score (nSPS) is 10.5. The van der Waals surface area contributed by atoms with Crippen molar-refractivity contribution in [3.63, 3.8) is 0 Å². The first-order chi connectivity index (χ1) is 5.09. The molecule has 1 aromatic rings. The lowest BCUT2D eigenvalue weighted by Gasteiger charge is -2.04. The van der Waals surface area contributed by atoms with Gasteiger partial charge in [-0.25, -0.2) is 9.97 Å². The Morgan fingerprint density at radius 3 is 2.45 bits per heavy atom. The molecular weight excluding hydrogens is 138 g/mol. The molecule has 1 aromatic heterocycles. The lowest BCUT2D eigenvalue weighted by molar-refractivity contribution is 0.813. The molecule has 11 heavy (non-hydrogen) atoms. The summed E-state index contributed by atoms with van der Waals surface area (Å²) in [6, 6.07) is 1.96. The third-order valence-electron chi connectivity index (χ3n) is 1.48. The average Bonchev–Trinajstić information content (AvgIpc) is 1.85. The van der Waals surface area contributed by atoms with E-state index in [0.29, 0.717) is 11.9 Å². The molecule has 60 valence electrons.